The van der Waals surface area contributed by atoms with Gasteiger partial charge in [0.25, 0.3) is 0 Å². The van der Waals surface area contributed by atoms with Crippen LogP contribution in [0.1, 0.15) is 47.0 Å². The molecule has 3 nitrogen and oxygen atoms in total. The van der Waals surface area contributed by atoms with E-state index in [2.05, 4.69) is 39.8 Å². The minimum Gasteiger partial charge on any atom is -0.438 e. The van der Waals surface area contributed by atoms with Crippen molar-refractivity contribution in [3.05, 3.63) is 12.2 Å². The van der Waals surface area contributed by atoms with Gasteiger partial charge in [-0.25, -0.2) is 0 Å². The maximum atomic E-state index is 12.8. The Morgan fingerprint density at radius 1 is 1.17 bits per heavy atom. The van der Waals surface area contributed by atoms with Crippen LogP contribution in [0.4, 0.5) is 0 Å². The first-order valence-electron chi connectivity index (χ1n) is 9.23. The summed E-state index contributed by atoms with van der Waals surface area (Å²) >= 11 is 0. The van der Waals surface area contributed by atoms with Gasteiger partial charge in [-0.3, -0.25) is 4.79 Å². The van der Waals surface area contributed by atoms with Gasteiger partial charge in [0.2, 0.25) is 0 Å². The molecule has 3 saturated carbocycles. The van der Waals surface area contributed by atoms with Crippen molar-refractivity contribution >= 4 is 5.97 Å². The molecular weight excluding hydrogens is 288 g/mol. The van der Waals surface area contributed by atoms with E-state index in [0.29, 0.717) is 12.5 Å². The van der Waals surface area contributed by atoms with Crippen molar-refractivity contribution in [1.29, 1.82) is 0 Å². The zero-order chi connectivity index (χ0) is 16.4. The zero-order valence-electron chi connectivity index (χ0n) is 14.9. The standard InChI is InChI=1S/C20H30O3/c1-19(2,3)10-22-11-23-18(21)20(4)9-14-8-15(20)17-13-6-5-12(7-13)16(14)17/h5-6,12-17H,7-11H2,1-4H3. The second-order valence-electron chi connectivity index (χ2n) is 9.79. The highest BCUT2D eigenvalue weighted by atomic mass is 16.7. The fraction of sp³-hybridized carbons (Fsp3) is 0.850. The van der Waals surface area contributed by atoms with Crippen LogP contribution in [0.3, 0.4) is 0 Å². The van der Waals surface area contributed by atoms with Gasteiger partial charge in [0.1, 0.15) is 0 Å². The summed E-state index contributed by atoms with van der Waals surface area (Å²) in [7, 11) is 0. The van der Waals surface area contributed by atoms with Crippen molar-refractivity contribution in [3.8, 4) is 0 Å². The average Bonchev–Trinajstić information content (AvgIpc) is 3.19. The molecule has 3 heteroatoms. The number of esters is 1. The summed E-state index contributed by atoms with van der Waals surface area (Å²) in [6, 6.07) is 0. The maximum absolute atomic E-state index is 12.8. The molecule has 4 aliphatic rings. The van der Waals surface area contributed by atoms with Gasteiger partial charge in [0, 0.05) is 0 Å². The van der Waals surface area contributed by atoms with E-state index in [-0.39, 0.29) is 23.6 Å². The Bertz CT molecular complexity index is 531. The molecule has 7 unspecified atom stereocenters. The molecule has 23 heavy (non-hydrogen) atoms. The highest BCUT2D eigenvalue weighted by molar-refractivity contribution is 5.77. The Balaban J connectivity index is 1.38. The molecular formula is C20H30O3. The number of rotatable bonds is 4. The summed E-state index contributed by atoms with van der Waals surface area (Å²) in [5.41, 5.74) is -0.180. The van der Waals surface area contributed by atoms with Gasteiger partial charge in [-0.05, 0) is 67.1 Å². The molecule has 0 aliphatic heterocycles. The van der Waals surface area contributed by atoms with Crippen LogP contribution in [-0.2, 0) is 14.3 Å². The molecule has 7 atom stereocenters. The third-order valence-corrected chi connectivity index (χ3v) is 6.93. The summed E-state index contributed by atoms with van der Waals surface area (Å²) < 4.78 is 11.1. The minimum atomic E-state index is -0.282. The molecule has 3 fully saturated rings. The Morgan fingerprint density at radius 2 is 1.87 bits per heavy atom. The van der Waals surface area contributed by atoms with E-state index >= 15 is 0 Å². The van der Waals surface area contributed by atoms with E-state index in [1.807, 2.05) is 0 Å². The Labute approximate surface area is 139 Å². The van der Waals surface area contributed by atoms with E-state index in [1.54, 1.807) is 0 Å². The Morgan fingerprint density at radius 3 is 2.57 bits per heavy atom. The molecule has 0 aromatic heterocycles. The lowest BCUT2D eigenvalue weighted by Crippen LogP contribution is -2.43. The average molecular weight is 318 g/mol. The number of hydrogen-bond donors (Lipinski definition) is 0. The molecule has 0 aromatic rings. The van der Waals surface area contributed by atoms with E-state index in [0.717, 1.165) is 36.0 Å². The summed E-state index contributed by atoms with van der Waals surface area (Å²) in [5, 5.41) is 0. The van der Waals surface area contributed by atoms with Crippen LogP contribution in [0.2, 0.25) is 0 Å². The molecule has 128 valence electrons. The molecule has 0 N–H and O–H groups in total. The van der Waals surface area contributed by atoms with E-state index < -0.39 is 0 Å². The van der Waals surface area contributed by atoms with E-state index in [9.17, 15) is 4.79 Å². The first-order chi connectivity index (χ1) is 10.8. The fourth-order valence-corrected chi connectivity index (χ4v) is 6.21. The first kappa shape index (κ1) is 15.7. The normalized spacial score (nSPS) is 46.4. The monoisotopic (exact) mass is 318 g/mol. The summed E-state index contributed by atoms with van der Waals surface area (Å²) in [6.45, 7) is 9.22. The quantitative estimate of drug-likeness (QED) is 0.258. The van der Waals surface area contributed by atoms with E-state index in [1.165, 1.54) is 12.8 Å². The zero-order valence-corrected chi connectivity index (χ0v) is 14.9. The third kappa shape index (κ3) is 2.38. The Kier molecular flexibility index (Phi) is 3.46. The number of hydrogen-bond acceptors (Lipinski definition) is 3. The molecule has 4 rings (SSSR count). The van der Waals surface area contributed by atoms with Gasteiger partial charge in [0.05, 0.1) is 12.0 Å². The van der Waals surface area contributed by atoms with Gasteiger partial charge < -0.3 is 9.47 Å². The highest BCUT2D eigenvalue weighted by Gasteiger charge is 2.67. The topological polar surface area (TPSA) is 35.5 Å². The van der Waals surface area contributed by atoms with Crippen LogP contribution in [0.15, 0.2) is 12.2 Å². The predicted molar refractivity (Wildman–Crippen MR) is 88.4 cm³/mol. The second kappa shape index (κ2) is 5.08. The third-order valence-electron chi connectivity index (χ3n) is 6.93. The number of ether oxygens (including phenoxy) is 2. The van der Waals surface area contributed by atoms with Crippen LogP contribution in [-0.4, -0.2) is 19.4 Å². The Hall–Kier alpha value is -0.830. The van der Waals surface area contributed by atoms with Gasteiger partial charge in [0.15, 0.2) is 6.79 Å². The van der Waals surface area contributed by atoms with Gasteiger partial charge in [-0.1, -0.05) is 32.9 Å². The van der Waals surface area contributed by atoms with Crippen molar-refractivity contribution in [1.82, 2.24) is 0 Å². The maximum Gasteiger partial charge on any atom is 0.314 e. The first-order valence-corrected chi connectivity index (χ1v) is 9.23. The van der Waals surface area contributed by atoms with Crippen molar-refractivity contribution in [2.75, 3.05) is 13.4 Å². The number of carbonyl (C=O) groups is 1. The minimum absolute atomic E-state index is 0.0240. The van der Waals surface area contributed by atoms with Gasteiger partial charge >= 0.3 is 5.97 Å². The lowest BCUT2D eigenvalue weighted by molar-refractivity contribution is -0.175. The SMILES string of the molecule is CC(C)(C)COCOC(=O)C1(C)CC2CC1C1C3C=CC(C3)C21. The largest absolute Gasteiger partial charge is 0.438 e. The van der Waals surface area contributed by atoms with Crippen molar-refractivity contribution in [2.24, 2.45) is 46.3 Å². The van der Waals surface area contributed by atoms with Crippen LogP contribution in [0.25, 0.3) is 0 Å². The van der Waals surface area contributed by atoms with Crippen LogP contribution in [0, 0.1) is 46.3 Å². The predicted octanol–water partition coefficient (Wildman–Crippen LogP) is 4.03. The summed E-state index contributed by atoms with van der Waals surface area (Å²) in [6.07, 6.45) is 8.46. The smallest absolute Gasteiger partial charge is 0.314 e. The van der Waals surface area contributed by atoms with E-state index in [4.69, 9.17) is 9.47 Å². The molecule has 0 amide bonds. The lowest BCUT2D eigenvalue weighted by Gasteiger charge is -2.41. The number of carbonyl (C=O) groups excluding carboxylic acids is 1. The highest BCUT2D eigenvalue weighted by Crippen LogP contribution is 2.70. The molecule has 0 spiro atoms. The molecule has 4 aliphatic carbocycles. The fourth-order valence-electron chi connectivity index (χ4n) is 6.21. The summed E-state index contributed by atoms with van der Waals surface area (Å²) in [4.78, 5) is 12.8. The van der Waals surface area contributed by atoms with Gasteiger partial charge in [-0.15, -0.1) is 0 Å². The van der Waals surface area contributed by atoms with Crippen LogP contribution >= 0.6 is 0 Å². The molecule has 4 bridgehead atoms. The van der Waals surface area contributed by atoms with Crippen molar-refractivity contribution < 1.29 is 14.3 Å². The molecule has 0 heterocycles. The van der Waals surface area contributed by atoms with Gasteiger partial charge in [-0.2, -0.15) is 0 Å². The second-order valence-corrected chi connectivity index (χ2v) is 9.79. The van der Waals surface area contributed by atoms with Crippen molar-refractivity contribution in [3.63, 3.8) is 0 Å². The molecule has 0 aromatic carbocycles. The summed E-state index contributed by atoms with van der Waals surface area (Å²) in [5.74, 6) is 4.35. The number of fused-ring (bicyclic) bond motifs is 9. The molecule has 0 radical (unpaired) electrons. The van der Waals surface area contributed by atoms with Crippen LogP contribution in [0.5, 0.6) is 0 Å². The molecule has 0 saturated heterocycles. The van der Waals surface area contributed by atoms with Crippen LogP contribution < -0.4 is 0 Å². The number of allylic oxidation sites excluding steroid dienone is 2. The lowest BCUT2D eigenvalue weighted by atomic mass is 9.63. The van der Waals surface area contributed by atoms with Crippen molar-refractivity contribution in [2.45, 2.75) is 47.0 Å².